The highest BCUT2D eigenvalue weighted by molar-refractivity contribution is 5.99. The Balaban J connectivity index is 1.95. The lowest BCUT2D eigenvalue weighted by Gasteiger charge is -2.20. The highest BCUT2D eigenvalue weighted by Crippen LogP contribution is 2.14. The molecule has 0 spiro atoms. The summed E-state index contributed by atoms with van der Waals surface area (Å²) in [5.41, 5.74) is 1.16. The average Bonchev–Trinajstić information content (AvgIpc) is 3.00. The summed E-state index contributed by atoms with van der Waals surface area (Å²) in [6, 6.07) is 9.11. The molecule has 0 aliphatic carbocycles. The maximum atomic E-state index is 12.1. The van der Waals surface area contributed by atoms with Gasteiger partial charge in [0.15, 0.2) is 0 Å². The lowest BCUT2D eigenvalue weighted by Crippen LogP contribution is -2.44. The number of rotatable bonds is 8. The largest absolute Gasteiger partial charge is 0.480 e. The van der Waals surface area contributed by atoms with Crippen LogP contribution in [0.25, 0.3) is 10.9 Å². The minimum absolute atomic E-state index is 0.143. The Labute approximate surface area is 138 Å². The Morgan fingerprint density at radius 2 is 2.04 bits per heavy atom. The van der Waals surface area contributed by atoms with Gasteiger partial charge in [-0.2, -0.15) is 0 Å². The van der Waals surface area contributed by atoms with Crippen molar-refractivity contribution in [3.63, 3.8) is 0 Å². The fraction of sp³-hybridized carbons (Fsp3) is 0.312. The summed E-state index contributed by atoms with van der Waals surface area (Å²) in [6.45, 7) is -0.367. The van der Waals surface area contributed by atoms with Gasteiger partial charge in [-0.1, -0.05) is 18.2 Å². The zero-order valence-corrected chi connectivity index (χ0v) is 13.2. The van der Waals surface area contributed by atoms with E-state index in [1.54, 1.807) is 6.07 Å². The van der Waals surface area contributed by atoms with Gasteiger partial charge in [0.25, 0.3) is 5.91 Å². The molecule has 128 valence electrons. The molecule has 0 unspecified atom stereocenters. The third-order valence-corrected chi connectivity index (χ3v) is 3.42. The molecular formula is C16H19N3O5. The molecule has 0 fully saturated rings. The van der Waals surface area contributed by atoms with Crippen molar-refractivity contribution < 1.29 is 24.2 Å². The Morgan fingerprint density at radius 3 is 2.71 bits per heavy atom. The van der Waals surface area contributed by atoms with Gasteiger partial charge in [-0.05, 0) is 12.1 Å². The van der Waals surface area contributed by atoms with Crippen molar-refractivity contribution in [1.82, 2.24) is 15.2 Å². The molecule has 0 bridgehead atoms. The number of nitrogens with one attached hydrogen (secondary N) is 2. The fourth-order valence-electron chi connectivity index (χ4n) is 2.22. The highest BCUT2D eigenvalue weighted by atomic mass is 16.5. The first-order valence-corrected chi connectivity index (χ1v) is 7.35. The van der Waals surface area contributed by atoms with Crippen LogP contribution in [0.1, 0.15) is 10.5 Å². The molecule has 2 amide bonds. The van der Waals surface area contributed by atoms with E-state index in [9.17, 15) is 14.4 Å². The van der Waals surface area contributed by atoms with E-state index in [-0.39, 0.29) is 19.7 Å². The molecule has 0 atom stereocenters. The maximum absolute atomic E-state index is 12.1. The summed E-state index contributed by atoms with van der Waals surface area (Å²) < 4.78 is 4.85. The second-order valence-electron chi connectivity index (χ2n) is 5.15. The Bertz CT molecular complexity index is 707. The monoisotopic (exact) mass is 333 g/mol. The van der Waals surface area contributed by atoms with Crippen LogP contribution in [0.15, 0.2) is 30.3 Å². The third kappa shape index (κ3) is 4.56. The van der Waals surface area contributed by atoms with Crippen LogP contribution in [0.4, 0.5) is 0 Å². The zero-order valence-electron chi connectivity index (χ0n) is 13.2. The number of carboxylic acids is 1. The van der Waals surface area contributed by atoms with E-state index in [0.29, 0.717) is 5.69 Å². The Hall–Kier alpha value is -2.87. The van der Waals surface area contributed by atoms with Crippen LogP contribution < -0.4 is 5.32 Å². The minimum atomic E-state index is -1.12. The number of para-hydroxylation sites is 1. The van der Waals surface area contributed by atoms with Gasteiger partial charge in [0.1, 0.15) is 12.2 Å². The van der Waals surface area contributed by atoms with Gasteiger partial charge in [-0.15, -0.1) is 0 Å². The van der Waals surface area contributed by atoms with Crippen molar-refractivity contribution in [2.24, 2.45) is 0 Å². The van der Waals surface area contributed by atoms with E-state index in [4.69, 9.17) is 9.84 Å². The highest BCUT2D eigenvalue weighted by Gasteiger charge is 2.18. The number of carboxylic acid groups (broad SMARTS) is 1. The number of nitrogens with zero attached hydrogens (tertiary/aromatic N) is 1. The van der Waals surface area contributed by atoms with Crippen LogP contribution in [0.5, 0.6) is 0 Å². The average molecular weight is 333 g/mol. The normalized spacial score (nSPS) is 10.5. The first-order valence-electron chi connectivity index (χ1n) is 7.35. The lowest BCUT2D eigenvalue weighted by molar-refractivity contribution is -0.144. The maximum Gasteiger partial charge on any atom is 0.323 e. The van der Waals surface area contributed by atoms with Crippen molar-refractivity contribution in [3.8, 4) is 0 Å². The third-order valence-electron chi connectivity index (χ3n) is 3.42. The van der Waals surface area contributed by atoms with E-state index in [2.05, 4.69) is 10.3 Å². The first kappa shape index (κ1) is 17.5. The summed E-state index contributed by atoms with van der Waals surface area (Å²) in [5.74, 6) is -2.04. The number of H-pyrrole nitrogens is 1. The standard InChI is InChI=1S/C16H19N3O5/c1-24-7-6-19(10-15(21)22)14(20)9-17-16(23)13-8-11-4-2-3-5-12(11)18-13/h2-5,8,18H,6-7,9-10H2,1H3,(H,17,23)(H,21,22). The van der Waals surface area contributed by atoms with E-state index in [0.717, 1.165) is 15.8 Å². The van der Waals surface area contributed by atoms with E-state index in [1.807, 2.05) is 24.3 Å². The summed E-state index contributed by atoms with van der Waals surface area (Å²) in [5, 5.41) is 12.2. The summed E-state index contributed by atoms with van der Waals surface area (Å²) in [7, 11) is 1.46. The second-order valence-corrected chi connectivity index (χ2v) is 5.15. The van der Waals surface area contributed by atoms with Crippen molar-refractivity contribution >= 4 is 28.7 Å². The molecular weight excluding hydrogens is 314 g/mol. The summed E-state index contributed by atoms with van der Waals surface area (Å²) >= 11 is 0. The molecule has 0 saturated carbocycles. The number of aliphatic carboxylic acids is 1. The molecule has 0 saturated heterocycles. The van der Waals surface area contributed by atoms with Gasteiger partial charge in [-0.3, -0.25) is 14.4 Å². The number of hydrogen-bond donors (Lipinski definition) is 3. The number of ether oxygens (including phenoxy) is 1. The molecule has 0 aliphatic rings. The number of aromatic nitrogens is 1. The van der Waals surface area contributed by atoms with Gasteiger partial charge < -0.3 is 25.0 Å². The molecule has 3 N–H and O–H groups in total. The van der Waals surface area contributed by atoms with Gasteiger partial charge in [0.2, 0.25) is 5.91 Å². The van der Waals surface area contributed by atoms with Gasteiger partial charge in [0, 0.05) is 24.6 Å². The number of carbonyl (C=O) groups excluding carboxylic acids is 2. The zero-order chi connectivity index (χ0) is 17.5. The molecule has 1 aromatic carbocycles. The van der Waals surface area contributed by atoms with Gasteiger partial charge in [0.05, 0.1) is 13.2 Å². The number of hydrogen-bond acceptors (Lipinski definition) is 4. The van der Waals surface area contributed by atoms with Gasteiger partial charge >= 0.3 is 5.97 Å². The molecule has 0 aliphatic heterocycles. The predicted molar refractivity (Wildman–Crippen MR) is 86.7 cm³/mol. The number of fused-ring (bicyclic) bond motifs is 1. The van der Waals surface area contributed by atoms with E-state index < -0.39 is 24.3 Å². The molecule has 24 heavy (non-hydrogen) atoms. The SMILES string of the molecule is COCCN(CC(=O)O)C(=O)CNC(=O)c1cc2ccccc2[nH]1. The van der Waals surface area contributed by atoms with Gasteiger partial charge in [-0.25, -0.2) is 0 Å². The topological polar surface area (TPSA) is 112 Å². The Morgan fingerprint density at radius 1 is 1.29 bits per heavy atom. The number of carbonyl (C=O) groups is 3. The Kier molecular flexibility index (Phi) is 5.91. The molecule has 1 aromatic heterocycles. The molecule has 8 heteroatoms. The van der Waals surface area contributed by atoms with Crippen LogP contribution >= 0.6 is 0 Å². The van der Waals surface area contributed by atoms with Crippen LogP contribution in [0, 0.1) is 0 Å². The molecule has 1 heterocycles. The number of benzene rings is 1. The van der Waals surface area contributed by atoms with Crippen molar-refractivity contribution in [2.45, 2.75) is 0 Å². The smallest absolute Gasteiger partial charge is 0.323 e. The lowest BCUT2D eigenvalue weighted by atomic mass is 10.2. The number of amides is 2. The van der Waals surface area contributed by atoms with Crippen molar-refractivity contribution in [1.29, 1.82) is 0 Å². The summed E-state index contributed by atoms with van der Waals surface area (Å²) in [4.78, 5) is 39.1. The van der Waals surface area contributed by atoms with Crippen molar-refractivity contribution in [2.75, 3.05) is 33.4 Å². The van der Waals surface area contributed by atoms with Crippen LogP contribution in [0.3, 0.4) is 0 Å². The fourth-order valence-corrected chi connectivity index (χ4v) is 2.22. The van der Waals surface area contributed by atoms with Crippen molar-refractivity contribution in [3.05, 3.63) is 36.0 Å². The van der Waals surface area contributed by atoms with Crippen LogP contribution in [-0.4, -0.2) is 66.1 Å². The number of methoxy groups -OCH3 is 1. The predicted octanol–water partition coefficient (Wildman–Crippen LogP) is 0.457. The quantitative estimate of drug-likeness (QED) is 0.650. The van der Waals surface area contributed by atoms with Crippen LogP contribution in [0.2, 0.25) is 0 Å². The summed E-state index contributed by atoms with van der Waals surface area (Å²) in [6.07, 6.45) is 0. The molecule has 2 aromatic rings. The van der Waals surface area contributed by atoms with Crippen LogP contribution in [-0.2, 0) is 14.3 Å². The van der Waals surface area contributed by atoms with E-state index >= 15 is 0 Å². The second kappa shape index (κ2) is 8.11. The first-order chi connectivity index (χ1) is 11.5. The molecule has 2 rings (SSSR count). The van der Waals surface area contributed by atoms with E-state index in [1.165, 1.54) is 7.11 Å². The molecule has 8 nitrogen and oxygen atoms in total. The molecule has 0 radical (unpaired) electrons. The minimum Gasteiger partial charge on any atom is -0.480 e. The number of aromatic amines is 1.